The van der Waals surface area contributed by atoms with Gasteiger partial charge in [0.2, 0.25) is 0 Å². The molecule has 1 radical (unpaired) electrons. The first-order chi connectivity index (χ1) is 6.83. The SMILES string of the molecule is CCCCCC(=O)OC1CCCCC1.[Li]. The Hall–Kier alpha value is 0.0674. The molecule has 0 spiro atoms. The molecule has 0 aromatic carbocycles. The molecule has 0 aromatic rings. The zero-order chi connectivity index (χ0) is 10.2. The average Bonchev–Trinajstić information content (AvgIpc) is 2.20. The van der Waals surface area contributed by atoms with Crippen LogP contribution in [-0.4, -0.2) is 30.9 Å². The van der Waals surface area contributed by atoms with Crippen LogP contribution in [0.5, 0.6) is 0 Å². The Balaban J connectivity index is 0.00000196. The molecule has 3 heteroatoms. The summed E-state index contributed by atoms with van der Waals surface area (Å²) in [6, 6.07) is 0. The van der Waals surface area contributed by atoms with Gasteiger partial charge in [-0.15, -0.1) is 0 Å². The first-order valence-corrected chi connectivity index (χ1v) is 6.02. The largest absolute Gasteiger partial charge is 0.462 e. The number of carbonyl (C=O) groups is 1. The molecule has 1 fully saturated rings. The molecule has 1 rings (SSSR count). The Labute approximate surface area is 105 Å². The van der Waals surface area contributed by atoms with Gasteiger partial charge in [-0.1, -0.05) is 26.2 Å². The molecule has 15 heavy (non-hydrogen) atoms. The summed E-state index contributed by atoms with van der Waals surface area (Å²) >= 11 is 0. The number of hydrogen-bond acceptors (Lipinski definition) is 2. The van der Waals surface area contributed by atoms with Gasteiger partial charge in [0.15, 0.2) is 0 Å². The number of unbranched alkanes of at least 4 members (excludes halogenated alkanes) is 2. The third kappa shape index (κ3) is 7.03. The third-order valence-corrected chi connectivity index (χ3v) is 2.83. The predicted octanol–water partition coefficient (Wildman–Crippen LogP) is 3.06. The van der Waals surface area contributed by atoms with Crippen LogP contribution in [0.2, 0.25) is 0 Å². The fraction of sp³-hybridized carbons (Fsp3) is 0.917. The van der Waals surface area contributed by atoms with E-state index in [4.69, 9.17) is 4.74 Å². The molecule has 0 aliphatic heterocycles. The predicted molar refractivity (Wildman–Crippen MR) is 62.9 cm³/mol. The van der Waals surface area contributed by atoms with E-state index < -0.39 is 0 Å². The molecule has 1 saturated carbocycles. The van der Waals surface area contributed by atoms with Crippen molar-refractivity contribution in [3.8, 4) is 0 Å². The van der Waals surface area contributed by atoms with Crippen molar-refractivity contribution in [2.75, 3.05) is 0 Å². The maximum atomic E-state index is 11.4. The number of esters is 1. The Bertz CT molecular complexity index is 165. The van der Waals surface area contributed by atoms with Gasteiger partial charge in [0.25, 0.3) is 0 Å². The Morgan fingerprint density at radius 2 is 1.87 bits per heavy atom. The Kier molecular flexibility index (Phi) is 9.35. The van der Waals surface area contributed by atoms with E-state index in [1.807, 2.05) is 0 Å². The third-order valence-electron chi connectivity index (χ3n) is 2.83. The first-order valence-electron chi connectivity index (χ1n) is 6.02. The van der Waals surface area contributed by atoms with Crippen LogP contribution in [0.25, 0.3) is 0 Å². The second-order valence-electron chi connectivity index (χ2n) is 4.21. The second kappa shape index (κ2) is 9.30. The molecule has 83 valence electrons. The van der Waals surface area contributed by atoms with Crippen molar-refractivity contribution in [1.29, 1.82) is 0 Å². The maximum Gasteiger partial charge on any atom is 0.306 e. The first kappa shape index (κ1) is 15.1. The van der Waals surface area contributed by atoms with Crippen LogP contribution in [0.3, 0.4) is 0 Å². The van der Waals surface area contributed by atoms with Gasteiger partial charge >= 0.3 is 5.97 Å². The summed E-state index contributed by atoms with van der Waals surface area (Å²) in [5, 5.41) is 0. The molecule has 1 aliphatic carbocycles. The summed E-state index contributed by atoms with van der Waals surface area (Å²) in [6.45, 7) is 2.15. The van der Waals surface area contributed by atoms with Gasteiger partial charge in [0.1, 0.15) is 6.10 Å². The van der Waals surface area contributed by atoms with Crippen LogP contribution < -0.4 is 0 Å². The topological polar surface area (TPSA) is 26.3 Å². The van der Waals surface area contributed by atoms with Crippen LogP contribution in [0.4, 0.5) is 0 Å². The molecular weight excluding hydrogens is 183 g/mol. The van der Waals surface area contributed by atoms with Crippen molar-refractivity contribution in [3.63, 3.8) is 0 Å². The van der Waals surface area contributed by atoms with Gasteiger partial charge in [-0.25, -0.2) is 0 Å². The minimum atomic E-state index is 0. The molecule has 0 aromatic heterocycles. The van der Waals surface area contributed by atoms with Crippen molar-refractivity contribution >= 4 is 24.8 Å². The zero-order valence-electron chi connectivity index (χ0n) is 10.3. The van der Waals surface area contributed by atoms with Crippen molar-refractivity contribution in [2.45, 2.75) is 70.8 Å². The van der Waals surface area contributed by atoms with Crippen LogP contribution in [0, 0.1) is 0 Å². The minimum Gasteiger partial charge on any atom is -0.462 e. The number of carbonyl (C=O) groups excluding carboxylic acids is 1. The minimum absolute atomic E-state index is 0. The van der Waals surface area contributed by atoms with Gasteiger partial charge in [-0.2, -0.15) is 0 Å². The normalized spacial score (nSPS) is 16.9. The van der Waals surface area contributed by atoms with E-state index >= 15 is 0 Å². The number of hydrogen-bond donors (Lipinski definition) is 0. The van der Waals surface area contributed by atoms with Crippen molar-refractivity contribution in [2.24, 2.45) is 0 Å². The average molecular weight is 205 g/mol. The van der Waals surface area contributed by atoms with E-state index in [1.54, 1.807) is 0 Å². The summed E-state index contributed by atoms with van der Waals surface area (Å²) in [4.78, 5) is 11.4. The summed E-state index contributed by atoms with van der Waals surface area (Å²) < 4.78 is 5.40. The van der Waals surface area contributed by atoms with Crippen molar-refractivity contribution in [3.05, 3.63) is 0 Å². The molecule has 0 N–H and O–H groups in total. The van der Waals surface area contributed by atoms with Crippen LogP contribution in [-0.2, 0) is 9.53 Å². The maximum absolute atomic E-state index is 11.4. The standard InChI is InChI=1S/C12H22O2.Li/c1-2-3-5-10-12(13)14-11-8-6-4-7-9-11;/h11H,2-10H2,1H3;. The molecule has 0 heterocycles. The second-order valence-corrected chi connectivity index (χ2v) is 4.21. The van der Waals surface area contributed by atoms with Crippen molar-refractivity contribution in [1.82, 2.24) is 0 Å². The molecule has 0 bridgehead atoms. The fourth-order valence-electron chi connectivity index (χ4n) is 1.95. The van der Waals surface area contributed by atoms with Crippen molar-refractivity contribution < 1.29 is 9.53 Å². The van der Waals surface area contributed by atoms with Gasteiger partial charge in [-0.05, 0) is 32.1 Å². The van der Waals surface area contributed by atoms with E-state index in [0.29, 0.717) is 6.42 Å². The zero-order valence-corrected chi connectivity index (χ0v) is 10.3. The Morgan fingerprint density at radius 3 is 2.47 bits per heavy atom. The summed E-state index contributed by atoms with van der Waals surface area (Å²) in [7, 11) is 0. The number of ether oxygens (including phenoxy) is 1. The smallest absolute Gasteiger partial charge is 0.306 e. The fourth-order valence-corrected chi connectivity index (χ4v) is 1.95. The van der Waals surface area contributed by atoms with Gasteiger partial charge < -0.3 is 4.74 Å². The van der Waals surface area contributed by atoms with E-state index in [9.17, 15) is 4.79 Å². The van der Waals surface area contributed by atoms with Gasteiger partial charge in [0.05, 0.1) is 0 Å². The van der Waals surface area contributed by atoms with E-state index in [-0.39, 0.29) is 30.9 Å². The monoisotopic (exact) mass is 205 g/mol. The molecular formula is C12H22LiO2. The quantitative estimate of drug-likeness (QED) is 0.391. The molecule has 0 amide bonds. The molecule has 0 saturated heterocycles. The van der Waals surface area contributed by atoms with Gasteiger partial charge in [0, 0.05) is 25.3 Å². The van der Waals surface area contributed by atoms with Crippen LogP contribution in [0.1, 0.15) is 64.7 Å². The van der Waals surface area contributed by atoms with Crippen LogP contribution in [0.15, 0.2) is 0 Å². The molecule has 0 unspecified atom stereocenters. The summed E-state index contributed by atoms with van der Waals surface area (Å²) in [6.07, 6.45) is 10.1. The van der Waals surface area contributed by atoms with Crippen LogP contribution >= 0.6 is 0 Å². The van der Waals surface area contributed by atoms with E-state index in [2.05, 4.69) is 6.92 Å². The summed E-state index contributed by atoms with van der Waals surface area (Å²) in [5.74, 6) is 0.0188. The number of rotatable bonds is 5. The van der Waals surface area contributed by atoms with E-state index in [0.717, 1.165) is 32.1 Å². The molecule has 0 atom stereocenters. The molecule has 1 aliphatic rings. The Morgan fingerprint density at radius 1 is 1.20 bits per heavy atom. The summed E-state index contributed by atoms with van der Waals surface area (Å²) in [5.41, 5.74) is 0. The molecule has 2 nitrogen and oxygen atoms in total. The van der Waals surface area contributed by atoms with E-state index in [1.165, 1.54) is 19.3 Å². The van der Waals surface area contributed by atoms with Gasteiger partial charge in [-0.3, -0.25) is 4.79 Å².